The van der Waals surface area contributed by atoms with Crippen LogP contribution in [0, 0.1) is 5.92 Å². The summed E-state index contributed by atoms with van der Waals surface area (Å²) in [6.45, 7) is 4.42. The lowest BCUT2D eigenvalue weighted by Gasteiger charge is -2.23. The van der Waals surface area contributed by atoms with Crippen LogP contribution in [0.2, 0.25) is 0 Å². The van der Waals surface area contributed by atoms with Crippen molar-refractivity contribution < 1.29 is 0 Å². The third-order valence-corrected chi connectivity index (χ3v) is 3.62. The average molecular weight is 308 g/mol. The Kier molecular flexibility index (Phi) is 4.61. The molecule has 0 aliphatic heterocycles. The fourth-order valence-electron chi connectivity index (χ4n) is 2.61. The molecule has 0 fully saturated rings. The van der Waals surface area contributed by atoms with Crippen molar-refractivity contribution in [3.8, 4) is 0 Å². The molecule has 23 heavy (non-hydrogen) atoms. The molecule has 1 unspecified atom stereocenters. The van der Waals surface area contributed by atoms with E-state index in [9.17, 15) is 0 Å². The summed E-state index contributed by atoms with van der Waals surface area (Å²) >= 11 is 0. The first kappa shape index (κ1) is 15.1. The number of allylic oxidation sites excluding steroid dienone is 1. The van der Waals surface area contributed by atoms with Crippen molar-refractivity contribution >= 4 is 11.8 Å². The van der Waals surface area contributed by atoms with E-state index in [-0.39, 0.29) is 6.04 Å². The van der Waals surface area contributed by atoms with E-state index >= 15 is 0 Å². The quantitative estimate of drug-likeness (QED) is 0.702. The van der Waals surface area contributed by atoms with Gasteiger partial charge in [-0.05, 0) is 17.9 Å². The molecule has 0 saturated carbocycles. The monoisotopic (exact) mass is 308 g/mol. The zero-order valence-corrected chi connectivity index (χ0v) is 13.3. The molecule has 0 amide bonds. The lowest BCUT2D eigenvalue weighted by Crippen LogP contribution is -2.15. The third kappa shape index (κ3) is 3.71. The summed E-state index contributed by atoms with van der Waals surface area (Å²) in [7, 11) is 0. The maximum atomic E-state index is 4.36. The Balaban J connectivity index is 2.08. The zero-order chi connectivity index (χ0) is 16.1. The predicted molar refractivity (Wildman–Crippen MR) is 89.1 cm³/mol. The van der Waals surface area contributed by atoms with Crippen molar-refractivity contribution in [2.45, 2.75) is 26.3 Å². The van der Waals surface area contributed by atoms with Crippen molar-refractivity contribution in [3.63, 3.8) is 0 Å². The molecular weight excluding hydrogens is 288 g/mol. The summed E-state index contributed by atoms with van der Waals surface area (Å²) in [5.74, 6) is 0.520. The van der Waals surface area contributed by atoms with Gasteiger partial charge in [0.25, 0.3) is 0 Å². The molecule has 118 valence electrons. The zero-order valence-electron chi connectivity index (χ0n) is 13.3. The van der Waals surface area contributed by atoms with Crippen LogP contribution >= 0.6 is 0 Å². The van der Waals surface area contributed by atoms with Gasteiger partial charge < -0.3 is 0 Å². The minimum Gasteiger partial charge on any atom is -0.245 e. The molecule has 2 heterocycles. The summed E-state index contributed by atoms with van der Waals surface area (Å²) in [6.07, 6.45) is 9.54. The average Bonchev–Trinajstić information content (AvgIpc) is 3.25. The summed E-state index contributed by atoms with van der Waals surface area (Å²) in [4.78, 5) is 8.14. The highest BCUT2D eigenvalue weighted by atomic mass is 15.3. The summed E-state index contributed by atoms with van der Waals surface area (Å²) in [6, 6.07) is 10.4. The standard InChI is InChI=1S/C17H20N6/c1-14(2)8-17(23-13-19-11-21-23)16(9-22-12-18-10-20-22)15-6-4-3-5-7-15/h3-7,9-14,17H,8H2,1-2H3/b16-9+. The first-order valence-corrected chi connectivity index (χ1v) is 7.69. The Labute approximate surface area is 135 Å². The summed E-state index contributed by atoms with van der Waals surface area (Å²) in [5.41, 5.74) is 2.28. The molecule has 6 nitrogen and oxygen atoms in total. The van der Waals surface area contributed by atoms with Gasteiger partial charge in [-0.3, -0.25) is 0 Å². The van der Waals surface area contributed by atoms with Crippen molar-refractivity contribution in [3.05, 3.63) is 61.2 Å². The Morgan fingerprint density at radius 3 is 2.39 bits per heavy atom. The van der Waals surface area contributed by atoms with Gasteiger partial charge in [0, 0.05) is 11.8 Å². The minimum atomic E-state index is 0.0871. The molecule has 6 heteroatoms. The molecule has 0 aliphatic rings. The van der Waals surface area contributed by atoms with Crippen LogP contribution < -0.4 is 0 Å². The molecular formula is C17H20N6. The lowest BCUT2D eigenvalue weighted by atomic mass is 9.92. The fourth-order valence-corrected chi connectivity index (χ4v) is 2.61. The van der Waals surface area contributed by atoms with Crippen molar-refractivity contribution in [1.82, 2.24) is 29.5 Å². The van der Waals surface area contributed by atoms with Gasteiger partial charge in [-0.1, -0.05) is 44.2 Å². The Bertz CT molecular complexity index is 729. The smallest absolute Gasteiger partial charge is 0.138 e. The maximum absolute atomic E-state index is 4.36. The van der Waals surface area contributed by atoms with Crippen molar-refractivity contribution in [2.24, 2.45) is 5.92 Å². The lowest BCUT2D eigenvalue weighted by molar-refractivity contribution is 0.441. The van der Waals surface area contributed by atoms with Gasteiger partial charge in [0.15, 0.2) is 0 Å². The highest BCUT2D eigenvalue weighted by molar-refractivity contribution is 5.77. The molecule has 3 rings (SSSR count). The van der Waals surface area contributed by atoms with E-state index in [1.54, 1.807) is 23.7 Å². The fraction of sp³-hybridized carbons (Fsp3) is 0.294. The molecule has 0 N–H and O–H groups in total. The second kappa shape index (κ2) is 7.00. The number of rotatable bonds is 6. The van der Waals surface area contributed by atoms with Gasteiger partial charge in [-0.25, -0.2) is 19.3 Å². The van der Waals surface area contributed by atoms with E-state index in [1.165, 1.54) is 6.33 Å². The molecule has 1 aromatic carbocycles. The number of benzene rings is 1. The van der Waals surface area contributed by atoms with E-state index in [4.69, 9.17) is 0 Å². The topological polar surface area (TPSA) is 61.4 Å². The summed E-state index contributed by atoms with van der Waals surface area (Å²) < 4.78 is 3.64. The largest absolute Gasteiger partial charge is 0.245 e. The van der Waals surface area contributed by atoms with Gasteiger partial charge in [-0.2, -0.15) is 10.2 Å². The Morgan fingerprint density at radius 1 is 1.04 bits per heavy atom. The van der Waals surface area contributed by atoms with Gasteiger partial charge >= 0.3 is 0 Å². The van der Waals surface area contributed by atoms with E-state index in [0.29, 0.717) is 5.92 Å². The van der Waals surface area contributed by atoms with E-state index in [0.717, 1.165) is 17.6 Å². The first-order valence-electron chi connectivity index (χ1n) is 7.69. The van der Waals surface area contributed by atoms with Gasteiger partial charge in [0.1, 0.15) is 25.3 Å². The van der Waals surface area contributed by atoms with Crippen molar-refractivity contribution in [1.29, 1.82) is 0 Å². The predicted octanol–water partition coefficient (Wildman–Crippen LogP) is 3.16. The SMILES string of the molecule is CC(C)CC(/C(=C/n1cncn1)c1ccccc1)n1cncn1. The molecule has 0 spiro atoms. The number of hydrogen-bond acceptors (Lipinski definition) is 4. The van der Waals surface area contributed by atoms with Gasteiger partial charge in [-0.15, -0.1) is 0 Å². The molecule has 1 atom stereocenters. The van der Waals surface area contributed by atoms with Crippen LogP contribution in [-0.4, -0.2) is 29.5 Å². The van der Waals surface area contributed by atoms with Crippen LogP contribution in [0.15, 0.2) is 55.6 Å². The molecule has 0 saturated heterocycles. The van der Waals surface area contributed by atoms with Crippen LogP contribution in [0.1, 0.15) is 31.9 Å². The Morgan fingerprint density at radius 2 is 1.78 bits per heavy atom. The second-order valence-corrected chi connectivity index (χ2v) is 5.85. The normalized spacial score (nSPS) is 13.4. The van der Waals surface area contributed by atoms with Crippen molar-refractivity contribution in [2.75, 3.05) is 0 Å². The third-order valence-electron chi connectivity index (χ3n) is 3.62. The molecule has 2 aromatic heterocycles. The first-order chi connectivity index (χ1) is 11.2. The van der Waals surface area contributed by atoms with E-state index < -0.39 is 0 Å². The maximum Gasteiger partial charge on any atom is 0.138 e. The summed E-state index contributed by atoms with van der Waals surface area (Å²) in [5, 5.41) is 8.57. The molecule has 0 aliphatic carbocycles. The number of hydrogen-bond donors (Lipinski definition) is 0. The van der Waals surface area contributed by atoms with E-state index in [2.05, 4.69) is 46.1 Å². The van der Waals surface area contributed by atoms with Crippen LogP contribution in [-0.2, 0) is 0 Å². The van der Waals surface area contributed by atoms with Gasteiger partial charge in [0.2, 0.25) is 0 Å². The van der Waals surface area contributed by atoms with E-state index in [1.807, 2.05) is 29.1 Å². The van der Waals surface area contributed by atoms with Crippen LogP contribution in [0.25, 0.3) is 11.8 Å². The Hall–Kier alpha value is -2.76. The second-order valence-electron chi connectivity index (χ2n) is 5.85. The molecule has 0 bridgehead atoms. The van der Waals surface area contributed by atoms with Crippen LogP contribution in [0.5, 0.6) is 0 Å². The van der Waals surface area contributed by atoms with Crippen LogP contribution in [0.4, 0.5) is 0 Å². The number of aromatic nitrogens is 6. The molecule has 0 radical (unpaired) electrons. The van der Waals surface area contributed by atoms with Crippen LogP contribution in [0.3, 0.4) is 0 Å². The minimum absolute atomic E-state index is 0.0871. The number of nitrogens with zero attached hydrogens (tertiary/aromatic N) is 6. The highest BCUT2D eigenvalue weighted by Gasteiger charge is 2.20. The van der Waals surface area contributed by atoms with Gasteiger partial charge in [0.05, 0.1) is 6.04 Å². The highest BCUT2D eigenvalue weighted by Crippen LogP contribution is 2.32. The molecule has 3 aromatic rings.